The Morgan fingerprint density at radius 3 is 2.88 bits per heavy atom. The standard InChI is InChI=1S/C18H23N3O2S2/c1-4-21(9-11(2)3)14(22)10-24-18-19-16(23)15-12-7-5-6-8-13(12)25-17(15)20-18/h2,4-10H2,1,3H3,(H,19,20,23). The molecule has 1 aliphatic carbocycles. The Kier molecular flexibility index (Phi) is 5.64. The number of aryl methyl sites for hydroxylation is 2. The van der Waals surface area contributed by atoms with Gasteiger partial charge in [0.2, 0.25) is 5.91 Å². The highest BCUT2D eigenvalue weighted by atomic mass is 32.2. The van der Waals surface area contributed by atoms with E-state index in [0.717, 1.165) is 35.1 Å². The van der Waals surface area contributed by atoms with Gasteiger partial charge in [-0.3, -0.25) is 9.59 Å². The molecule has 0 unspecified atom stereocenters. The van der Waals surface area contributed by atoms with E-state index in [1.807, 2.05) is 13.8 Å². The van der Waals surface area contributed by atoms with E-state index in [2.05, 4.69) is 16.5 Å². The summed E-state index contributed by atoms with van der Waals surface area (Å²) in [4.78, 5) is 36.2. The van der Waals surface area contributed by atoms with Gasteiger partial charge < -0.3 is 9.88 Å². The Morgan fingerprint density at radius 2 is 2.16 bits per heavy atom. The van der Waals surface area contributed by atoms with E-state index in [-0.39, 0.29) is 17.2 Å². The number of fused-ring (bicyclic) bond motifs is 3. The largest absolute Gasteiger partial charge is 0.338 e. The van der Waals surface area contributed by atoms with Crippen molar-refractivity contribution in [3.63, 3.8) is 0 Å². The average Bonchev–Trinajstić information content (AvgIpc) is 2.96. The fourth-order valence-electron chi connectivity index (χ4n) is 3.14. The van der Waals surface area contributed by atoms with Gasteiger partial charge in [0.15, 0.2) is 5.16 Å². The molecule has 0 bridgehead atoms. The van der Waals surface area contributed by atoms with Crippen molar-refractivity contribution < 1.29 is 4.79 Å². The Balaban J connectivity index is 1.77. The highest BCUT2D eigenvalue weighted by Crippen LogP contribution is 2.34. The average molecular weight is 378 g/mol. The van der Waals surface area contributed by atoms with E-state index in [0.29, 0.717) is 18.2 Å². The Bertz CT molecular complexity index is 869. The van der Waals surface area contributed by atoms with Crippen molar-refractivity contribution in [1.29, 1.82) is 0 Å². The number of aromatic amines is 1. The van der Waals surface area contributed by atoms with Crippen LogP contribution in [0.3, 0.4) is 0 Å². The second kappa shape index (κ2) is 7.74. The number of nitrogens with zero attached hydrogens (tertiary/aromatic N) is 2. The summed E-state index contributed by atoms with van der Waals surface area (Å²) < 4.78 is 0. The van der Waals surface area contributed by atoms with Gasteiger partial charge in [0, 0.05) is 18.0 Å². The molecule has 0 radical (unpaired) electrons. The van der Waals surface area contributed by atoms with Crippen molar-refractivity contribution >= 4 is 39.2 Å². The van der Waals surface area contributed by atoms with E-state index in [1.54, 1.807) is 16.2 Å². The summed E-state index contributed by atoms with van der Waals surface area (Å²) >= 11 is 2.92. The van der Waals surface area contributed by atoms with Crippen molar-refractivity contribution in [2.24, 2.45) is 0 Å². The first kappa shape index (κ1) is 18.2. The molecule has 1 N–H and O–H groups in total. The third kappa shape index (κ3) is 3.98. The number of hydrogen-bond acceptors (Lipinski definition) is 5. The van der Waals surface area contributed by atoms with Gasteiger partial charge in [-0.2, -0.15) is 0 Å². The van der Waals surface area contributed by atoms with Gasteiger partial charge in [0.25, 0.3) is 5.56 Å². The zero-order valence-electron chi connectivity index (χ0n) is 14.7. The quantitative estimate of drug-likeness (QED) is 0.476. The van der Waals surface area contributed by atoms with Crippen LogP contribution in [0.1, 0.15) is 37.1 Å². The van der Waals surface area contributed by atoms with Crippen LogP contribution < -0.4 is 5.56 Å². The molecule has 0 atom stereocenters. The van der Waals surface area contributed by atoms with E-state index in [4.69, 9.17) is 0 Å². The van der Waals surface area contributed by atoms with E-state index >= 15 is 0 Å². The first-order valence-electron chi connectivity index (χ1n) is 8.59. The zero-order chi connectivity index (χ0) is 18.0. The Hall–Kier alpha value is -1.60. The smallest absolute Gasteiger partial charge is 0.260 e. The molecule has 0 saturated carbocycles. The highest BCUT2D eigenvalue weighted by Gasteiger charge is 2.20. The number of thioether (sulfide) groups is 1. The monoisotopic (exact) mass is 377 g/mol. The summed E-state index contributed by atoms with van der Waals surface area (Å²) in [5.74, 6) is 0.296. The van der Waals surface area contributed by atoms with Crippen LogP contribution in [0.5, 0.6) is 0 Å². The highest BCUT2D eigenvalue weighted by molar-refractivity contribution is 7.99. The molecule has 134 valence electrons. The number of carbonyl (C=O) groups is 1. The lowest BCUT2D eigenvalue weighted by atomic mass is 9.97. The number of thiophene rings is 1. The lowest BCUT2D eigenvalue weighted by Gasteiger charge is -2.20. The van der Waals surface area contributed by atoms with Gasteiger partial charge in [-0.1, -0.05) is 23.9 Å². The predicted octanol–water partition coefficient (Wildman–Crippen LogP) is 3.38. The van der Waals surface area contributed by atoms with Crippen molar-refractivity contribution in [3.8, 4) is 0 Å². The molecule has 25 heavy (non-hydrogen) atoms. The fourth-order valence-corrected chi connectivity index (χ4v) is 5.22. The SMILES string of the molecule is C=C(C)CN(CC)C(=O)CSc1nc2sc3c(c2c(=O)[nH]1)CCCC3. The number of nitrogens with one attached hydrogen (secondary N) is 1. The molecule has 1 aliphatic rings. The van der Waals surface area contributed by atoms with E-state index in [9.17, 15) is 9.59 Å². The summed E-state index contributed by atoms with van der Waals surface area (Å²) in [5, 5.41) is 1.28. The molecule has 2 aromatic heterocycles. The van der Waals surface area contributed by atoms with E-state index in [1.165, 1.54) is 28.6 Å². The van der Waals surface area contributed by atoms with Crippen LogP contribution in [0.15, 0.2) is 22.1 Å². The molecule has 3 rings (SSSR count). The lowest BCUT2D eigenvalue weighted by Crippen LogP contribution is -2.33. The molecule has 0 spiro atoms. The molecule has 7 heteroatoms. The third-order valence-electron chi connectivity index (χ3n) is 4.33. The van der Waals surface area contributed by atoms with Crippen molar-refractivity contribution in [2.75, 3.05) is 18.8 Å². The van der Waals surface area contributed by atoms with Gasteiger partial charge in [0.05, 0.1) is 11.1 Å². The number of carbonyl (C=O) groups excluding carboxylic acids is 1. The molecule has 0 aliphatic heterocycles. The van der Waals surface area contributed by atoms with Crippen molar-refractivity contribution in [3.05, 3.63) is 32.9 Å². The maximum Gasteiger partial charge on any atom is 0.260 e. The summed E-state index contributed by atoms with van der Waals surface area (Å²) in [5.41, 5.74) is 2.07. The molecule has 1 amide bonds. The Morgan fingerprint density at radius 1 is 1.40 bits per heavy atom. The minimum absolute atomic E-state index is 0.0312. The molecule has 0 fully saturated rings. The fraction of sp³-hybridized carbons (Fsp3) is 0.500. The first-order valence-corrected chi connectivity index (χ1v) is 10.4. The van der Waals surface area contributed by atoms with Crippen LogP contribution in [0, 0.1) is 0 Å². The van der Waals surface area contributed by atoms with Crippen molar-refractivity contribution in [1.82, 2.24) is 14.9 Å². The van der Waals surface area contributed by atoms with Crippen LogP contribution in [0.25, 0.3) is 10.2 Å². The maximum atomic E-state index is 12.5. The van der Waals surface area contributed by atoms with Crippen LogP contribution >= 0.6 is 23.1 Å². The molecule has 5 nitrogen and oxygen atoms in total. The van der Waals surface area contributed by atoms with Crippen LogP contribution in [-0.4, -0.2) is 39.6 Å². The summed E-state index contributed by atoms with van der Waals surface area (Å²) in [6.45, 7) is 8.94. The third-order valence-corrected chi connectivity index (χ3v) is 6.37. The predicted molar refractivity (Wildman–Crippen MR) is 105 cm³/mol. The van der Waals surface area contributed by atoms with Gasteiger partial charge in [-0.25, -0.2) is 4.98 Å². The number of aromatic nitrogens is 2. The second-order valence-electron chi connectivity index (χ2n) is 6.42. The normalized spacial score (nSPS) is 13.7. The number of amides is 1. The van der Waals surface area contributed by atoms with Crippen LogP contribution in [0.2, 0.25) is 0 Å². The van der Waals surface area contributed by atoms with Crippen LogP contribution in [0.4, 0.5) is 0 Å². The zero-order valence-corrected chi connectivity index (χ0v) is 16.3. The molecular weight excluding hydrogens is 354 g/mol. The topological polar surface area (TPSA) is 66.1 Å². The molecule has 0 aromatic carbocycles. The number of H-pyrrole nitrogens is 1. The van der Waals surface area contributed by atoms with Gasteiger partial charge in [-0.15, -0.1) is 11.3 Å². The maximum absolute atomic E-state index is 12.5. The molecule has 2 aromatic rings. The number of rotatable bonds is 6. The number of hydrogen-bond donors (Lipinski definition) is 1. The minimum atomic E-state index is -0.0753. The van der Waals surface area contributed by atoms with Crippen LogP contribution in [-0.2, 0) is 17.6 Å². The van der Waals surface area contributed by atoms with Gasteiger partial charge in [-0.05, 0) is 45.1 Å². The van der Waals surface area contributed by atoms with Gasteiger partial charge in [0.1, 0.15) is 4.83 Å². The number of likely N-dealkylation sites (N-methyl/N-ethyl adjacent to an activating group) is 1. The molecule has 0 saturated heterocycles. The minimum Gasteiger partial charge on any atom is -0.338 e. The molecular formula is C18H23N3O2S2. The van der Waals surface area contributed by atoms with Crippen molar-refractivity contribution in [2.45, 2.75) is 44.7 Å². The van der Waals surface area contributed by atoms with Gasteiger partial charge >= 0.3 is 0 Å². The van der Waals surface area contributed by atoms with E-state index < -0.39 is 0 Å². The molecule has 2 heterocycles. The summed E-state index contributed by atoms with van der Waals surface area (Å²) in [6.07, 6.45) is 4.34. The second-order valence-corrected chi connectivity index (χ2v) is 8.46. The first-order chi connectivity index (χ1) is 12.0. The summed E-state index contributed by atoms with van der Waals surface area (Å²) in [7, 11) is 0. The Labute approximate surface area is 155 Å². The summed E-state index contributed by atoms with van der Waals surface area (Å²) in [6, 6.07) is 0. The lowest BCUT2D eigenvalue weighted by molar-refractivity contribution is -0.127.